The summed E-state index contributed by atoms with van der Waals surface area (Å²) in [5, 5.41) is 17.0. The maximum Gasteiger partial charge on any atom is 0.238 e. The Kier molecular flexibility index (Phi) is 6.45. The van der Waals surface area contributed by atoms with Gasteiger partial charge in [-0.3, -0.25) is 0 Å². The van der Waals surface area contributed by atoms with Crippen molar-refractivity contribution in [3.63, 3.8) is 0 Å². The summed E-state index contributed by atoms with van der Waals surface area (Å²) in [5.41, 5.74) is 3.83. The molecule has 0 unspecified atom stereocenters. The molecule has 3 nitrogen and oxygen atoms in total. The van der Waals surface area contributed by atoms with Gasteiger partial charge in [0.05, 0.1) is 0 Å². The van der Waals surface area contributed by atoms with E-state index in [9.17, 15) is 5.11 Å². The Balaban J connectivity index is 2.09. The summed E-state index contributed by atoms with van der Waals surface area (Å²) < 4.78 is 1.75. The number of aryl methyl sites for hydroxylation is 2. The highest BCUT2D eigenvalue weighted by molar-refractivity contribution is 7.81. The lowest BCUT2D eigenvalue weighted by Crippen LogP contribution is -2.40. The summed E-state index contributed by atoms with van der Waals surface area (Å²) in [4.78, 5) is 0.341. The van der Waals surface area contributed by atoms with E-state index in [1.54, 1.807) is 28.8 Å². The highest BCUT2D eigenvalue weighted by Gasteiger charge is 2.20. The highest BCUT2D eigenvalue weighted by Crippen LogP contribution is 2.24. The Hall–Kier alpha value is -2.69. The van der Waals surface area contributed by atoms with Crippen molar-refractivity contribution in [1.29, 1.82) is 0 Å². The molecule has 0 aliphatic carbocycles. The van der Waals surface area contributed by atoms with Crippen molar-refractivity contribution in [2.24, 2.45) is 0 Å². The topological polar surface area (TPSA) is 39.0 Å². The van der Waals surface area contributed by atoms with E-state index in [1.165, 1.54) is 5.56 Å². The fraction of sp³-hybridized carbons (Fsp3) is 0.130. The normalized spacial score (nSPS) is 11.7. The predicted octanol–water partition coefficient (Wildman–Crippen LogP) is 4.62. The number of hydrogen-bond acceptors (Lipinski definition) is 2. The van der Waals surface area contributed by atoms with Gasteiger partial charge >= 0.3 is 0 Å². The van der Waals surface area contributed by atoms with E-state index in [0.717, 1.165) is 17.7 Å². The lowest BCUT2D eigenvalue weighted by atomic mass is 10.1. The third-order valence-corrected chi connectivity index (χ3v) is 4.97. The molecule has 28 heavy (non-hydrogen) atoms. The molecule has 5 heteroatoms. The van der Waals surface area contributed by atoms with Crippen molar-refractivity contribution in [3.8, 4) is 0 Å². The SMILES string of the molecule is CCc1cccc(NC(=S)C(=C([O-])c2ccccc2Cl)[n+]2cccc(C)c2)c1. The largest absolute Gasteiger partial charge is 0.867 e. The summed E-state index contributed by atoms with van der Waals surface area (Å²) in [7, 11) is 0. The number of hydrogen-bond donors (Lipinski definition) is 1. The maximum absolute atomic E-state index is 13.4. The van der Waals surface area contributed by atoms with Crippen LogP contribution in [-0.2, 0) is 6.42 Å². The van der Waals surface area contributed by atoms with Crippen molar-refractivity contribution < 1.29 is 9.67 Å². The Morgan fingerprint density at radius 3 is 2.61 bits per heavy atom. The molecule has 2 aromatic carbocycles. The summed E-state index contributed by atoms with van der Waals surface area (Å²) >= 11 is 11.9. The number of benzene rings is 2. The van der Waals surface area contributed by atoms with Crippen molar-refractivity contribution in [2.45, 2.75) is 20.3 Å². The van der Waals surface area contributed by atoms with Crippen LogP contribution in [0.5, 0.6) is 0 Å². The second-order valence-electron chi connectivity index (χ2n) is 6.45. The van der Waals surface area contributed by atoms with Crippen LogP contribution in [0.4, 0.5) is 5.69 Å². The lowest BCUT2D eigenvalue weighted by molar-refractivity contribution is -0.578. The molecule has 0 saturated carbocycles. The maximum atomic E-state index is 13.4. The zero-order valence-electron chi connectivity index (χ0n) is 15.8. The van der Waals surface area contributed by atoms with E-state index in [-0.39, 0.29) is 5.76 Å². The Labute approximate surface area is 175 Å². The van der Waals surface area contributed by atoms with Gasteiger partial charge in [-0.25, -0.2) is 0 Å². The van der Waals surface area contributed by atoms with Gasteiger partial charge in [-0.2, -0.15) is 4.57 Å². The first-order valence-corrected chi connectivity index (χ1v) is 9.83. The van der Waals surface area contributed by atoms with Gasteiger partial charge < -0.3 is 10.4 Å². The van der Waals surface area contributed by atoms with Crippen molar-refractivity contribution >= 4 is 46.0 Å². The molecule has 0 radical (unpaired) electrons. The summed E-state index contributed by atoms with van der Waals surface area (Å²) in [6, 6.07) is 18.8. The fourth-order valence-corrected chi connectivity index (χ4v) is 3.44. The Morgan fingerprint density at radius 2 is 1.89 bits per heavy atom. The smallest absolute Gasteiger partial charge is 0.238 e. The molecule has 3 aromatic rings. The van der Waals surface area contributed by atoms with Gasteiger partial charge in [0.15, 0.2) is 17.4 Å². The van der Waals surface area contributed by atoms with Crippen LogP contribution < -0.4 is 15.0 Å². The molecule has 0 aliphatic heterocycles. The molecule has 0 fully saturated rings. The quantitative estimate of drug-likeness (QED) is 0.289. The van der Waals surface area contributed by atoms with E-state index >= 15 is 0 Å². The van der Waals surface area contributed by atoms with E-state index in [1.807, 2.05) is 49.6 Å². The monoisotopic (exact) mass is 408 g/mol. The third-order valence-electron chi connectivity index (χ3n) is 4.35. The van der Waals surface area contributed by atoms with Gasteiger partial charge in [-0.05, 0) is 54.5 Å². The lowest BCUT2D eigenvalue weighted by Gasteiger charge is -2.18. The number of halogens is 1. The van der Waals surface area contributed by atoms with Gasteiger partial charge in [-0.15, -0.1) is 0 Å². The van der Waals surface area contributed by atoms with Crippen LogP contribution in [0.25, 0.3) is 11.5 Å². The predicted molar refractivity (Wildman–Crippen MR) is 118 cm³/mol. The minimum Gasteiger partial charge on any atom is -0.867 e. The van der Waals surface area contributed by atoms with E-state index < -0.39 is 0 Å². The van der Waals surface area contributed by atoms with Crippen LogP contribution in [0.15, 0.2) is 73.1 Å². The van der Waals surface area contributed by atoms with E-state index in [4.69, 9.17) is 23.8 Å². The van der Waals surface area contributed by atoms with Crippen LogP contribution in [0.3, 0.4) is 0 Å². The molecule has 142 valence electrons. The molecule has 0 atom stereocenters. The Bertz CT molecular complexity index is 1050. The summed E-state index contributed by atoms with van der Waals surface area (Å²) in [6.07, 6.45) is 4.61. The summed E-state index contributed by atoms with van der Waals surface area (Å²) in [5.74, 6) is -0.231. The van der Waals surface area contributed by atoms with Crippen LogP contribution in [0.1, 0.15) is 23.6 Å². The number of thiocarbonyl (C=S) groups is 1. The first-order valence-electron chi connectivity index (χ1n) is 9.04. The van der Waals surface area contributed by atoms with Crippen LogP contribution >= 0.6 is 23.8 Å². The molecule has 0 amide bonds. The van der Waals surface area contributed by atoms with Gasteiger partial charge in [0, 0.05) is 22.3 Å². The first kappa shape index (κ1) is 20.1. The standard InChI is InChI=1S/C23H21ClN2OS/c1-3-17-9-6-10-18(14-17)25-23(28)21(26-13-7-8-16(2)15-26)22(27)19-11-4-5-12-20(19)24/h4-15H,3H2,1-2H3,(H-,25,27,28). The molecule has 1 aromatic heterocycles. The molecular weight excluding hydrogens is 388 g/mol. The molecule has 1 heterocycles. The van der Waals surface area contributed by atoms with Crippen LogP contribution in [-0.4, -0.2) is 4.99 Å². The minimum absolute atomic E-state index is 0.231. The number of pyridine rings is 1. The average molecular weight is 409 g/mol. The van der Waals surface area contributed by atoms with E-state index in [2.05, 4.69) is 18.3 Å². The van der Waals surface area contributed by atoms with Gasteiger partial charge in [0.1, 0.15) is 0 Å². The van der Waals surface area contributed by atoms with Gasteiger partial charge in [0.25, 0.3) is 0 Å². The Morgan fingerprint density at radius 1 is 1.11 bits per heavy atom. The fourth-order valence-electron chi connectivity index (χ4n) is 2.90. The molecule has 0 saturated heterocycles. The third kappa shape index (κ3) is 4.58. The van der Waals surface area contributed by atoms with Crippen molar-refractivity contribution in [1.82, 2.24) is 0 Å². The number of nitrogens with zero attached hydrogens (tertiary/aromatic N) is 1. The molecular formula is C23H21ClN2OS. The van der Waals surface area contributed by atoms with Gasteiger partial charge in [-0.1, -0.05) is 61.1 Å². The number of rotatable bonds is 5. The summed E-state index contributed by atoms with van der Waals surface area (Å²) in [6.45, 7) is 4.06. The second kappa shape index (κ2) is 9.00. The molecule has 3 rings (SSSR count). The first-order chi connectivity index (χ1) is 13.5. The second-order valence-corrected chi connectivity index (χ2v) is 7.27. The molecule has 1 N–H and O–H groups in total. The van der Waals surface area contributed by atoms with Crippen LogP contribution in [0.2, 0.25) is 5.02 Å². The highest BCUT2D eigenvalue weighted by atomic mass is 35.5. The van der Waals surface area contributed by atoms with Gasteiger partial charge in [0.2, 0.25) is 5.70 Å². The molecule has 0 aliphatic rings. The zero-order chi connectivity index (χ0) is 20.1. The number of anilines is 1. The van der Waals surface area contributed by atoms with Crippen LogP contribution in [0, 0.1) is 6.92 Å². The minimum atomic E-state index is -0.231. The number of aromatic nitrogens is 1. The number of nitrogens with one attached hydrogen (secondary N) is 1. The van der Waals surface area contributed by atoms with Crippen molar-refractivity contribution in [3.05, 3.63) is 94.8 Å². The van der Waals surface area contributed by atoms with E-state index in [0.29, 0.717) is 21.3 Å². The molecule has 0 spiro atoms. The van der Waals surface area contributed by atoms with Crippen molar-refractivity contribution in [2.75, 3.05) is 5.32 Å². The zero-order valence-corrected chi connectivity index (χ0v) is 17.3. The average Bonchev–Trinajstić information content (AvgIpc) is 2.68. The molecule has 0 bridgehead atoms.